The summed E-state index contributed by atoms with van der Waals surface area (Å²) in [5, 5.41) is 0. The molecule has 19 heavy (non-hydrogen) atoms. The molecule has 0 aliphatic carbocycles. The number of methoxy groups -OCH3 is 1. The van der Waals surface area contributed by atoms with Crippen LogP contribution >= 0.6 is 0 Å². The van der Waals surface area contributed by atoms with Gasteiger partial charge in [0.1, 0.15) is 5.75 Å². The van der Waals surface area contributed by atoms with Gasteiger partial charge >= 0.3 is 8.80 Å². The van der Waals surface area contributed by atoms with Gasteiger partial charge in [0.25, 0.3) is 0 Å². The molecular formula is C14H24O4Si. The highest BCUT2D eigenvalue weighted by molar-refractivity contribution is 6.60. The lowest BCUT2D eigenvalue weighted by molar-refractivity contribution is 0.123. The lowest BCUT2D eigenvalue weighted by Gasteiger charge is -2.25. The van der Waals surface area contributed by atoms with Crippen molar-refractivity contribution in [2.45, 2.75) is 26.3 Å². The van der Waals surface area contributed by atoms with Crippen LogP contribution in [0.4, 0.5) is 0 Å². The molecule has 1 rings (SSSR count). The normalized spacial score (nSPS) is 11.7. The van der Waals surface area contributed by atoms with E-state index in [4.69, 9.17) is 18.0 Å². The molecule has 4 nitrogen and oxygen atoms in total. The summed E-state index contributed by atoms with van der Waals surface area (Å²) in [4.78, 5) is 0. The number of rotatable bonds is 7. The molecule has 0 saturated carbocycles. The van der Waals surface area contributed by atoms with Crippen LogP contribution in [0.1, 0.15) is 16.7 Å². The zero-order chi connectivity index (χ0) is 14.5. The summed E-state index contributed by atoms with van der Waals surface area (Å²) in [6.45, 7) is 4.14. The standard InChI is InChI=1S/C14H24O4Si/c1-11-7-8-12(2)14(15-3)13(11)9-10-19(16-4,17-5)18-6/h7-8H,9-10H2,1-6H3. The van der Waals surface area contributed by atoms with Gasteiger partial charge in [0.05, 0.1) is 7.11 Å². The first-order valence-corrected chi connectivity index (χ1v) is 8.25. The van der Waals surface area contributed by atoms with Gasteiger partial charge in [-0.15, -0.1) is 0 Å². The Hall–Kier alpha value is -0.883. The largest absolute Gasteiger partial charge is 0.500 e. The summed E-state index contributed by atoms with van der Waals surface area (Å²) in [6.07, 6.45) is 0.818. The van der Waals surface area contributed by atoms with Crippen molar-refractivity contribution in [3.05, 3.63) is 28.8 Å². The predicted molar refractivity (Wildman–Crippen MR) is 77.8 cm³/mol. The van der Waals surface area contributed by atoms with Crippen molar-refractivity contribution in [1.29, 1.82) is 0 Å². The van der Waals surface area contributed by atoms with Crippen molar-refractivity contribution in [1.82, 2.24) is 0 Å². The van der Waals surface area contributed by atoms with Gasteiger partial charge in [0, 0.05) is 27.4 Å². The smallest absolute Gasteiger partial charge is 0.496 e. The minimum atomic E-state index is -2.53. The van der Waals surface area contributed by atoms with Crippen LogP contribution in [0.5, 0.6) is 5.75 Å². The third-order valence-corrected chi connectivity index (χ3v) is 6.24. The van der Waals surface area contributed by atoms with E-state index >= 15 is 0 Å². The van der Waals surface area contributed by atoms with E-state index in [1.807, 2.05) is 0 Å². The van der Waals surface area contributed by atoms with Crippen molar-refractivity contribution in [2.75, 3.05) is 28.4 Å². The molecule has 0 aliphatic rings. The third-order valence-electron chi connectivity index (χ3n) is 3.51. The molecule has 0 unspecified atom stereocenters. The van der Waals surface area contributed by atoms with Crippen molar-refractivity contribution >= 4 is 8.80 Å². The fraction of sp³-hybridized carbons (Fsp3) is 0.571. The highest BCUT2D eigenvalue weighted by Gasteiger charge is 2.37. The van der Waals surface area contributed by atoms with Crippen molar-refractivity contribution in [3.8, 4) is 5.75 Å². The number of ether oxygens (including phenoxy) is 1. The fourth-order valence-electron chi connectivity index (χ4n) is 2.27. The average molecular weight is 284 g/mol. The summed E-state index contributed by atoms with van der Waals surface area (Å²) in [7, 11) is 4.09. The first kappa shape index (κ1) is 16.2. The summed E-state index contributed by atoms with van der Waals surface area (Å²) in [5.74, 6) is 0.950. The third kappa shape index (κ3) is 3.57. The SMILES string of the molecule is COc1c(C)ccc(C)c1CC[Si](OC)(OC)OC. The molecule has 0 atom stereocenters. The van der Waals surface area contributed by atoms with Gasteiger partial charge < -0.3 is 18.0 Å². The van der Waals surface area contributed by atoms with Gasteiger partial charge in [-0.3, -0.25) is 0 Å². The summed E-state index contributed by atoms with van der Waals surface area (Å²) >= 11 is 0. The Balaban J connectivity index is 2.97. The van der Waals surface area contributed by atoms with Crippen LogP contribution in [-0.4, -0.2) is 37.2 Å². The molecule has 1 aromatic rings. The van der Waals surface area contributed by atoms with Crippen LogP contribution in [0.15, 0.2) is 12.1 Å². The molecule has 5 heteroatoms. The Kier molecular flexibility index (Phi) is 6.00. The van der Waals surface area contributed by atoms with Gasteiger partial charge in [-0.25, -0.2) is 0 Å². The molecule has 0 fully saturated rings. The first-order valence-electron chi connectivity index (χ1n) is 6.32. The van der Waals surface area contributed by atoms with E-state index in [0.717, 1.165) is 23.8 Å². The monoisotopic (exact) mass is 284 g/mol. The molecule has 1 aromatic carbocycles. The summed E-state index contributed by atoms with van der Waals surface area (Å²) < 4.78 is 21.9. The maximum atomic E-state index is 5.52. The highest BCUT2D eigenvalue weighted by Crippen LogP contribution is 2.29. The second kappa shape index (κ2) is 7.05. The van der Waals surface area contributed by atoms with E-state index in [1.54, 1.807) is 28.4 Å². The molecule has 0 radical (unpaired) electrons. The number of hydrogen-bond acceptors (Lipinski definition) is 4. The Bertz CT molecular complexity index is 408. The minimum Gasteiger partial charge on any atom is -0.496 e. The zero-order valence-corrected chi connectivity index (χ0v) is 13.7. The van der Waals surface area contributed by atoms with E-state index in [-0.39, 0.29) is 0 Å². The molecular weight excluding hydrogens is 260 g/mol. The number of aryl methyl sites for hydroxylation is 2. The lowest BCUT2D eigenvalue weighted by atomic mass is 10.0. The number of benzene rings is 1. The minimum absolute atomic E-state index is 0.733. The Morgan fingerprint density at radius 1 is 0.895 bits per heavy atom. The summed E-state index contributed by atoms with van der Waals surface area (Å²) in [6, 6.07) is 4.92. The Labute approximate surface area is 117 Å². The zero-order valence-electron chi connectivity index (χ0n) is 12.7. The van der Waals surface area contributed by atoms with Gasteiger partial charge in [-0.2, -0.15) is 0 Å². The predicted octanol–water partition coefficient (Wildman–Crippen LogP) is 2.73. The van der Waals surface area contributed by atoms with Crippen molar-refractivity contribution < 1.29 is 18.0 Å². The molecule has 0 spiro atoms. The summed E-state index contributed by atoms with van der Waals surface area (Å²) in [5.41, 5.74) is 3.56. The van der Waals surface area contributed by atoms with E-state index < -0.39 is 8.80 Å². The molecule has 108 valence electrons. The second-order valence-corrected chi connectivity index (χ2v) is 7.60. The highest BCUT2D eigenvalue weighted by atomic mass is 28.4. The molecule has 0 N–H and O–H groups in total. The van der Waals surface area contributed by atoms with E-state index in [1.165, 1.54) is 11.1 Å². The molecule has 0 amide bonds. The maximum absolute atomic E-state index is 5.52. The van der Waals surface area contributed by atoms with Crippen LogP contribution in [0.3, 0.4) is 0 Å². The van der Waals surface area contributed by atoms with Crippen LogP contribution in [0.2, 0.25) is 6.04 Å². The van der Waals surface area contributed by atoms with Crippen LogP contribution in [0, 0.1) is 13.8 Å². The van der Waals surface area contributed by atoms with E-state index in [2.05, 4.69) is 26.0 Å². The van der Waals surface area contributed by atoms with Crippen LogP contribution in [0.25, 0.3) is 0 Å². The molecule has 0 saturated heterocycles. The quantitative estimate of drug-likeness (QED) is 0.721. The van der Waals surface area contributed by atoms with Crippen molar-refractivity contribution in [3.63, 3.8) is 0 Å². The molecule has 0 aromatic heterocycles. The van der Waals surface area contributed by atoms with Gasteiger partial charge in [-0.05, 0) is 37.0 Å². The molecule has 0 heterocycles. The lowest BCUT2D eigenvalue weighted by Crippen LogP contribution is -2.43. The second-order valence-electron chi connectivity index (χ2n) is 4.51. The first-order chi connectivity index (χ1) is 9.03. The van der Waals surface area contributed by atoms with E-state index in [9.17, 15) is 0 Å². The van der Waals surface area contributed by atoms with E-state index in [0.29, 0.717) is 0 Å². The Morgan fingerprint density at radius 2 is 1.42 bits per heavy atom. The van der Waals surface area contributed by atoms with Gasteiger partial charge in [0.2, 0.25) is 0 Å². The van der Waals surface area contributed by atoms with Gasteiger partial charge in [-0.1, -0.05) is 12.1 Å². The number of hydrogen-bond donors (Lipinski definition) is 0. The average Bonchev–Trinajstić information content (AvgIpc) is 2.44. The topological polar surface area (TPSA) is 36.9 Å². The maximum Gasteiger partial charge on any atom is 0.500 e. The molecule has 0 bridgehead atoms. The molecule has 0 aliphatic heterocycles. The fourth-order valence-corrected chi connectivity index (χ4v) is 3.94. The Morgan fingerprint density at radius 3 is 1.89 bits per heavy atom. The van der Waals surface area contributed by atoms with Crippen LogP contribution < -0.4 is 4.74 Å². The van der Waals surface area contributed by atoms with Gasteiger partial charge in [0.15, 0.2) is 0 Å². The van der Waals surface area contributed by atoms with Crippen LogP contribution in [-0.2, 0) is 19.7 Å². The van der Waals surface area contributed by atoms with Crippen molar-refractivity contribution in [2.24, 2.45) is 0 Å².